The average Bonchev–Trinajstić information content (AvgIpc) is 3.71. The molecule has 2 heterocycles. The number of hydrogen-bond acceptors (Lipinski definition) is 3. The van der Waals surface area contributed by atoms with E-state index in [1.807, 2.05) is 12.1 Å². The zero-order chi connectivity index (χ0) is 30.9. The lowest BCUT2D eigenvalue weighted by molar-refractivity contribution is 0.669. The summed E-state index contributed by atoms with van der Waals surface area (Å²) >= 11 is 0. The number of furan rings is 2. The van der Waals surface area contributed by atoms with Gasteiger partial charge in [-0.05, 0) is 76.5 Å². The van der Waals surface area contributed by atoms with E-state index in [0.29, 0.717) is 0 Å². The van der Waals surface area contributed by atoms with Gasteiger partial charge in [-0.1, -0.05) is 109 Å². The number of nitrogens with zero attached hydrogens (tertiary/aromatic N) is 1. The zero-order valence-corrected chi connectivity index (χ0v) is 25.4. The third-order valence-electron chi connectivity index (χ3n) is 9.45. The van der Waals surface area contributed by atoms with E-state index in [-0.39, 0.29) is 0 Å². The van der Waals surface area contributed by atoms with Crippen molar-refractivity contribution in [2.24, 2.45) is 0 Å². The van der Waals surface area contributed by atoms with Crippen LogP contribution >= 0.6 is 0 Å². The van der Waals surface area contributed by atoms with E-state index in [1.54, 1.807) is 0 Å². The van der Waals surface area contributed by atoms with Crippen LogP contribution in [0.25, 0.3) is 76.5 Å². The molecule has 0 atom stereocenters. The molecule has 10 aromatic rings. The fourth-order valence-electron chi connectivity index (χ4n) is 7.24. The SMILES string of the molecule is c1ccc2c(N(c3ccc(-c4ccc5oc6ccccc6c5c4)cc3)c3cccc4oc5c6ccccc6ccc5c34)cccc2c1. The molecule has 220 valence electrons. The molecule has 3 heteroatoms. The minimum absolute atomic E-state index is 0.872. The van der Waals surface area contributed by atoms with Crippen molar-refractivity contribution in [3.05, 3.63) is 164 Å². The van der Waals surface area contributed by atoms with Gasteiger partial charge in [0, 0.05) is 32.6 Å². The second-order valence-electron chi connectivity index (χ2n) is 12.1. The van der Waals surface area contributed by atoms with Crippen molar-refractivity contribution in [1.82, 2.24) is 0 Å². The first-order valence-electron chi connectivity index (χ1n) is 15.9. The van der Waals surface area contributed by atoms with Crippen LogP contribution in [0.15, 0.2) is 173 Å². The molecular weight excluding hydrogens is 574 g/mol. The van der Waals surface area contributed by atoms with E-state index in [0.717, 1.165) is 77.5 Å². The molecule has 0 unspecified atom stereocenters. The Morgan fingerprint density at radius 1 is 0.362 bits per heavy atom. The number of rotatable bonds is 4. The predicted molar refractivity (Wildman–Crippen MR) is 196 cm³/mol. The molecule has 8 aromatic carbocycles. The van der Waals surface area contributed by atoms with E-state index in [2.05, 4.69) is 157 Å². The normalized spacial score (nSPS) is 11.8. The Morgan fingerprint density at radius 2 is 1.00 bits per heavy atom. The predicted octanol–water partition coefficient (Wildman–Crippen LogP) is 12.9. The molecule has 0 spiro atoms. The molecule has 0 saturated heterocycles. The van der Waals surface area contributed by atoms with Gasteiger partial charge in [-0.3, -0.25) is 0 Å². The molecule has 0 saturated carbocycles. The molecule has 0 aliphatic carbocycles. The van der Waals surface area contributed by atoms with Crippen LogP contribution in [-0.4, -0.2) is 0 Å². The molecule has 0 aliphatic rings. The Morgan fingerprint density at radius 3 is 1.87 bits per heavy atom. The summed E-state index contributed by atoms with van der Waals surface area (Å²) in [5.74, 6) is 0. The van der Waals surface area contributed by atoms with Crippen molar-refractivity contribution in [2.45, 2.75) is 0 Å². The highest BCUT2D eigenvalue weighted by molar-refractivity contribution is 6.20. The first kappa shape index (κ1) is 26.0. The van der Waals surface area contributed by atoms with Gasteiger partial charge < -0.3 is 13.7 Å². The smallest absolute Gasteiger partial charge is 0.143 e. The van der Waals surface area contributed by atoms with Gasteiger partial charge in [-0.25, -0.2) is 0 Å². The van der Waals surface area contributed by atoms with Gasteiger partial charge in [-0.2, -0.15) is 0 Å². The quantitative estimate of drug-likeness (QED) is 0.201. The van der Waals surface area contributed by atoms with Gasteiger partial charge in [0.25, 0.3) is 0 Å². The molecule has 0 fully saturated rings. The van der Waals surface area contributed by atoms with Crippen molar-refractivity contribution in [1.29, 1.82) is 0 Å². The Hall–Kier alpha value is -6.32. The van der Waals surface area contributed by atoms with Crippen molar-refractivity contribution in [2.75, 3.05) is 4.90 Å². The van der Waals surface area contributed by atoms with Crippen LogP contribution in [0, 0.1) is 0 Å². The second kappa shape index (κ2) is 10.1. The zero-order valence-electron chi connectivity index (χ0n) is 25.4. The summed E-state index contributed by atoms with van der Waals surface area (Å²) < 4.78 is 12.7. The molecule has 10 rings (SSSR count). The van der Waals surface area contributed by atoms with Gasteiger partial charge in [-0.15, -0.1) is 0 Å². The first-order valence-corrected chi connectivity index (χ1v) is 15.9. The third kappa shape index (κ3) is 4.00. The van der Waals surface area contributed by atoms with E-state index >= 15 is 0 Å². The molecule has 0 bridgehead atoms. The largest absolute Gasteiger partial charge is 0.456 e. The lowest BCUT2D eigenvalue weighted by atomic mass is 10.0. The molecule has 0 amide bonds. The van der Waals surface area contributed by atoms with Gasteiger partial charge in [0.2, 0.25) is 0 Å². The van der Waals surface area contributed by atoms with Gasteiger partial charge >= 0.3 is 0 Å². The molecule has 3 nitrogen and oxygen atoms in total. The summed E-state index contributed by atoms with van der Waals surface area (Å²) in [6, 6.07) is 57.9. The molecule has 0 radical (unpaired) electrons. The van der Waals surface area contributed by atoms with E-state index in [1.165, 1.54) is 16.2 Å². The van der Waals surface area contributed by atoms with Crippen LogP contribution in [0.5, 0.6) is 0 Å². The van der Waals surface area contributed by atoms with Crippen molar-refractivity contribution >= 4 is 82.5 Å². The van der Waals surface area contributed by atoms with Crippen LogP contribution in [0.1, 0.15) is 0 Å². The summed E-state index contributed by atoms with van der Waals surface area (Å²) in [5, 5.41) is 9.15. The molecule has 2 aromatic heterocycles. The Balaban J connectivity index is 1.18. The van der Waals surface area contributed by atoms with Gasteiger partial charge in [0.15, 0.2) is 0 Å². The number of anilines is 3. The monoisotopic (exact) mass is 601 g/mol. The van der Waals surface area contributed by atoms with E-state index < -0.39 is 0 Å². The van der Waals surface area contributed by atoms with Crippen LogP contribution in [-0.2, 0) is 0 Å². The summed E-state index contributed by atoms with van der Waals surface area (Å²) in [7, 11) is 0. The van der Waals surface area contributed by atoms with Crippen LogP contribution < -0.4 is 4.90 Å². The van der Waals surface area contributed by atoms with Gasteiger partial charge in [0.05, 0.1) is 16.8 Å². The number of hydrogen-bond donors (Lipinski definition) is 0. The van der Waals surface area contributed by atoms with E-state index in [9.17, 15) is 0 Å². The Kier molecular flexibility index (Phi) is 5.57. The summed E-state index contributed by atoms with van der Waals surface area (Å²) in [5.41, 5.74) is 9.17. The highest BCUT2D eigenvalue weighted by Crippen LogP contribution is 2.46. The maximum Gasteiger partial charge on any atom is 0.143 e. The number of fused-ring (bicyclic) bond motifs is 9. The second-order valence-corrected chi connectivity index (χ2v) is 12.1. The topological polar surface area (TPSA) is 29.5 Å². The van der Waals surface area contributed by atoms with Crippen LogP contribution in [0.3, 0.4) is 0 Å². The number of para-hydroxylation sites is 1. The van der Waals surface area contributed by atoms with E-state index in [4.69, 9.17) is 8.83 Å². The average molecular weight is 602 g/mol. The summed E-state index contributed by atoms with van der Waals surface area (Å²) in [4.78, 5) is 2.38. The molecule has 0 aliphatic heterocycles. The summed E-state index contributed by atoms with van der Waals surface area (Å²) in [6.45, 7) is 0. The fourth-order valence-corrected chi connectivity index (χ4v) is 7.24. The lowest BCUT2D eigenvalue weighted by Gasteiger charge is -2.27. The van der Waals surface area contributed by atoms with Crippen LogP contribution in [0.4, 0.5) is 17.1 Å². The first-order chi connectivity index (χ1) is 23.3. The maximum absolute atomic E-state index is 6.62. The number of benzene rings is 8. The van der Waals surface area contributed by atoms with Gasteiger partial charge in [0.1, 0.15) is 22.3 Å². The molecular formula is C44H27NO2. The lowest BCUT2D eigenvalue weighted by Crippen LogP contribution is -2.10. The molecule has 47 heavy (non-hydrogen) atoms. The molecule has 0 N–H and O–H groups in total. The Bertz CT molecular complexity index is 2800. The third-order valence-corrected chi connectivity index (χ3v) is 9.45. The maximum atomic E-state index is 6.62. The standard InChI is InChI=1S/C44H27NO2/c1-3-12-33-29(9-1)11-7-15-38(33)45(39-16-8-18-42-43(39)36-25-21-30-10-2-4-13-34(30)44(36)47-42)32-23-19-28(20-24-32)31-22-26-41-37(27-31)35-14-5-6-17-40(35)46-41/h1-27H. The minimum atomic E-state index is 0.872. The van der Waals surface area contributed by atoms with Crippen molar-refractivity contribution in [3.63, 3.8) is 0 Å². The summed E-state index contributed by atoms with van der Waals surface area (Å²) in [6.07, 6.45) is 0. The Labute approximate surface area is 270 Å². The van der Waals surface area contributed by atoms with Crippen molar-refractivity contribution in [3.8, 4) is 11.1 Å². The highest BCUT2D eigenvalue weighted by atomic mass is 16.3. The minimum Gasteiger partial charge on any atom is -0.456 e. The highest BCUT2D eigenvalue weighted by Gasteiger charge is 2.21. The fraction of sp³-hybridized carbons (Fsp3) is 0. The van der Waals surface area contributed by atoms with Crippen LogP contribution in [0.2, 0.25) is 0 Å². The van der Waals surface area contributed by atoms with Crippen molar-refractivity contribution < 1.29 is 8.83 Å².